The summed E-state index contributed by atoms with van der Waals surface area (Å²) in [5, 5.41) is 10.4. The maximum Gasteiger partial charge on any atom is 0.327 e. The summed E-state index contributed by atoms with van der Waals surface area (Å²) in [5.41, 5.74) is 0.610. The van der Waals surface area contributed by atoms with Gasteiger partial charge in [-0.05, 0) is 0 Å². The molecule has 0 radical (unpaired) electrons. The molecule has 0 bridgehead atoms. The molecular weight excluding hydrogens is 269 g/mol. The van der Waals surface area contributed by atoms with Crippen molar-refractivity contribution in [2.24, 2.45) is 0 Å². The Morgan fingerprint density at radius 1 is 1.11 bits per heavy atom. The van der Waals surface area contributed by atoms with Crippen LogP contribution < -0.4 is 15.7 Å². The van der Waals surface area contributed by atoms with E-state index in [1.165, 1.54) is 0 Å². The lowest BCUT2D eigenvalue weighted by Crippen LogP contribution is -2.30. The zero-order valence-electron chi connectivity index (χ0n) is 9.61. The van der Waals surface area contributed by atoms with Gasteiger partial charge in [0.05, 0.1) is 0 Å². The van der Waals surface area contributed by atoms with Crippen LogP contribution in [0.2, 0.25) is 0 Å². The molecule has 1 aromatic heterocycles. The van der Waals surface area contributed by atoms with Crippen LogP contribution >= 0.6 is 7.44 Å². The maximum atomic E-state index is 12.2. The quantitative estimate of drug-likeness (QED) is 0.499. The van der Waals surface area contributed by atoms with Gasteiger partial charge in [0.2, 0.25) is 18.4 Å². The van der Waals surface area contributed by atoms with E-state index in [0.29, 0.717) is 11.4 Å². The van der Waals surface area contributed by atoms with Gasteiger partial charge in [-0.3, -0.25) is 29.4 Å². The highest BCUT2D eigenvalue weighted by atomic mass is 31.2. The van der Waals surface area contributed by atoms with Gasteiger partial charge in [-0.25, -0.2) is 4.98 Å². The molecule has 0 saturated carbocycles. The Morgan fingerprint density at radius 3 is 2.32 bits per heavy atom. The summed E-state index contributed by atoms with van der Waals surface area (Å²) in [5.74, 6) is 0.316. The van der Waals surface area contributed by atoms with Gasteiger partial charge >= 0.3 is 7.44 Å². The maximum absolute atomic E-state index is 12.2. The first kappa shape index (κ1) is 13.0. The number of carbonyl (C=O) groups excluding carboxylic acids is 2. The van der Waals surface area contributed by atoms with Gasteiger partial charge in [0, 0.05) is 5.56 Å². The minimum atomic E-state index is -3.64. The van der Waals surface area contributed by atoms with Crippen molar-refractivity contribution in [2.45, 2.75) is 0 Å². The number of rotatable bonds is 6. The summed E-state index contributed by atoms with van der Waals surface area (Å²) in [6.07, 6.45) is 0.448. The van der Waals surface area contributed by atoms with E-state index in [-0.39, 0.29) is 18.4 Å². The average Bonchev–Trinajstić information content (AvgIpc) is 2.90. The molecule has 2 amide bonds. The van der Waals surface area contributed by atoms with Crippen molar-refractivity contribution in [3.63, 3.8) is 0 Å². The minimum Gasteiger partial charge on any atom is -0.287 e. The van der Waals surface area contributed by atoms with Gasteiger partial charge in [0.25, 0.3) is 0 Å². The molecule has 8 nitrogen and oxygen atoms in total. The normalized spacial score (nSPS) is 10.7. The van der Waals surface area contributed by atoms with E-state index in [2.05, 4.69) is 15.2 Å². The van der Waals surface area contributed by atoms with Crippen LogP contribution in [0.15, 0.2) is 30.3 Å². The molecule has 2 rings (SSSR count). The summed E-state index contributed by atoms with van der Waals surface area (Å²) in [7, 11) is -3.64. The van der Waals surface area contributed by atoms with Crippen molar-refractivity contribution in [3.8, 4) is 11.4 Å². The molecule has 0 fully saturated rings. The van der Waals surface area contributed by atoms with Crippen LogP contribution in [0.25, 0.3) is 11.4 Å². The van der Waals surface area contributed by atoms with Crippen LogP contribution in [0.4, 0.5) is 0 Å². The highest BCUT2D eigenvalue weighted by Crippen LogP contribution is 2.31. The lowest BCUT2D eigenvalue weighted by molar-refractivity contribution is -0.108. The standard InChI is InChI=1S/C10H10N5O3P/c16-6-11-19(18,12-7-17)10-13-9(14-15-10)8-4-2-1-3-5-8/h1-7H,(H,13,14,15)(H2,11,12,16,17,18). The molecule has 2 aromatic rings. The number of benzene rings is 1. The number of amides is 2. The largest absolute Gasteiger partial charge is 0.327 e. The van der Waals surface area contributed by atoms with Crippen LogP contribution in [0.5, 0.6) is 0 Å². The van der Waals surface area contributed by atoms with E-state index < -0.39 is 7.44 Å². The van der Waals surface area contributed by atoms with Crippen LogP contribution in [-0.4, -0.2) is 28.0 Å². The van der Waals surface area contributed by atoms with Crippen molar-refractivity contribution in [1.29, 1.82) is 0 Å². The molecule has 0 unspecified atom stereocenters. The van der Waals surface area contributed by atoms with E-state index in [1.807, 2.05) is 16.2 Å². The van der Waals surface area contributed by atoms with Crippen LogP contribution in [0.1, 0.15) is 0 Å². The summed E-state index contributed by atoms with van der Waals surface area (Å²) >= 11 is 0. The second-order valence-corrected chi connectivity index (χ2v) is 5.61. The van der Waals surface area contributed by atoms with E-state index in [9.17, 15) is 14.2 Å². The summed E-state index contributed by atoms with van der Waals surface area (Å²) in [4.78, 5) is 24.9. The fourth-order valence-corrected chi connectivity index (χ4v) is 2.46. The number of hydrogen-bond donors (Lipinski definition) is 3. The zero-order chi connectivity index (χ0) is 13.7. The fraction of sp³-hybridized carbons (Fsp3) is 0. The van der Waals surface area contributed by atoms with E-state index in [1.54, 1.807) is 24.3 Å². The van der Waals surface area contributed by atoms with E-state index in [4.69, 9.17) is 0 Å². The number of aromatic nitrogens is 3. The van der Waals surface area contributed by atoms with Crippen molar-refractivity contribution in [1.82, 2.24) is 25.4 Å². The van der Waals surface area contributed by atoms with Crippen molar-refractivity contribution < 1.29 is 14.2 Å². The fourth-order valence-electron chi connectivity index (χ4n) is 1.42. The number of carbonyl (C=O) groups is 2. The van der Waals surface area contributed by atoms with Crippen molar-refractivity contribution in [2.75, 3.05) is 0 Å². The number of nitrogens with zero attached hydrogens (tertiary/aromatic N) is 2. The smallest absolute Gasteiger partial charge is 0.287 e. The molecule has 0 aliphatic rings. The van der Waals surface area contributed by atoms with Gasteiger partial charge in [0.1, 0.15) is 0 Å². The Morgan fingerprint density at radius 2 is 1.74 bits per heavy atom. The average molecular weight is 279 g/mol. The third-order valence-electron chi connectivity index (χ3n) is 2.27. The Kier molecular flexibility index (Phi) is 3.72. The Labute approximate surface area is 108 Å². The molecule has 9 heteroatoms. The first-order chi connectivity index (χ1) is 9.19. The van der Waals surface area contributed by atoms with Crippen LogP contribution in [0, 0.1) is 0 Å². The first-order valence-electron chi connectivity index (χ1n) is 5.21. The summed E-state index contributed by atoms with van der Waals surface area (Å²) < 4.78 is 12.2. The monoisotopic (exact) mass is 279 g/mol. The highest BCUT2D eigenvalue weighted by Gasteiger charge is 2.28. The first-order valence-corrected chi connectivity index (χ1v) is 6.91. The number of aromatic amines is 1. The van der Waals surface area contributed by atoms with Gasteiger partial charge in [-0.15, -0.1) is 0 Å². The summed E-state index contributed by atoms with van der Waals surface area (Å²) in [6, 6.07) is 9.00. The molecule has 1 heterocycles. The van der Waals surface area contributed by atoms with Crippen molar-refractivity contribution in [3.05, 3.63) is 30.3 Å². The predicted octanol–water partition coefficient (Wildman–Crippen LogP) is -0.218. The SMILES string of the molecule is O=CNP(=O)(NC=O)c1nc(-c2ccccc2)n[nH]1. The number of nitrogens with one attached hydrogen (secondary N) is 3. The number of hydrogen-bond acceptors (Lipinski definition) is 5. The third-order valence-corrected chi connectivity index (χ3v) is 4.01. The molecule has 19 heavy (non-hydrogen) atoms. The van der Waals surface area contributed by atoms with E-state index >= 15 is 0 Å². The van der Waals surface area contributed by atoms with E-state index in [0.717, 1.165) is 0 Å². The Balaban J connectivity index is 2.37. The molecular formula is C10H10N5O3P. The van der Waals surface area contributed by atoms with Crippen molar-refractivity contribution >= 4 is 25.8 Å². The second-order valence-electron chi connectivity index (χ2n) is 3.45. The molecule has 3 N–H and O–H groups in total. The van der Waals surface area contributed by atoms with Gasteiger partial charge in [-0.2, -0.15) is 5.10 Å². The zero-order valence-corrected chi connectivity index (χ0v) is 10.5. The summed E-state index contributed by atoms with van der Waals surface area (Å²) in [6.45, 7) is 0. The Hall–Kier alpha value is -2.47. The molecule has 98 valence electrons. The van der Waals surface area contributed by atoms with Gasteiger partial charge in [-0.1, -0.05) is 30.3 Å². The molecule has 0 aliphatic carbocycles. The Bertz CT molecular complexity index is 613. The second kappa shape index (κ2) is 5.45. The topological polar surface area (TPSA) is 117 Å². The molecule has 0 saturated heterocycles. The minimum absolute atomic E-state index is 0.106. The number of H-pyrrole nitrogens is 1. The molecule has 0 spiro atoms. The van der Waals surface area contributed by atoms with Gasteiger partial charge in [0.15, 0.2) is 5.82 Å². The predicted molar refractivity (Wildman–Crippen MR) is 67.5 cm³/mol. The molecule has 0 atom stereocenters. The van der Waals surface area contributed by atoms with Gasteiger partial charge < -0.3 is 0 Å². The third kappa shape index (κ3) is 2.69. The lowest BCUT2D eigenvalue weighted by Gasteiger charge is -2.11. The van der Waals surface area contributed by atoms with Crippen LogP contribution in [0.3, 0.4) is 0 Å². The van der Waals surface area contributed by atoms with Crippen LogP contribution in [-0.2, 0) is 14.2 Å². The molecule has 0 aliphatic heterocycles. The lowest BCUT2D eigenvalue weighted by atomic mass is 10.2. The highest BCUT2D eigenvalue weighted by molar-refractivity contribution is 7.68. The molecule has 1 aromatic carbocycles.